The molecule has 0 spiro atoms. The highest BCUT2D eigenvalue weighted by Gasteiger charge is 2.23. The standard InChI is InChI=1S/C24H24N2O3/c25-17-22-8-6-19(7-9-22)10-11-24(28)29-18-23(27)26-14-12-21(13-15-26)16-20-4-2-1-3-5-20/h1-11,21H,12-16,18H2/b11-10+. The van der Waals surface area contributed by atoms with E-state index in [1.165, 1.54) is 11.6 Å². The Balaban J connectivity index is 1.38. The highest BCUT2D eigenvalue weighted by molar-refractivity contribution is 5.89. The molecule has 0 atom stereocenters. The highest BCUT2D eigenvalue weighted by Crippen LogP contribution is 2.21. The summed E-state index contributed by atoms with van der Waals surface area (Å²) < 4.78 is 5.08. The van der Waals surface area contributed by atoms with E-state index in [1.54, 1.807) is 35.2 Å². The number of amides is 1. The van der Waals surface area contributed by atoms with E-state index in [9.17, 15) is 9.59 Å². The fraction of sp³-hybridized carbons (Fsp3) is 0.292. The lowest BCUT2D eigenvalue weighted by Gasteiger charge is -2.32. The number of likely N-dealkylation sites (tertiary alicyclic amines) is 1. The van der Waals surface area contributed by atoms with Crippen molar-refractivity contribution in [2.75, 3.05) is 19.7 Å². The number of hydrogen-bond acceptors (Lipinski definition) is 4. The van der Waals surface area contributed by atoms with Crippen LogP contribution in [0.2, 0.25) is 0 Å². The first-order valence-corrected chi connectivity index (χ1v) is 9.81. The van der Waals surface area contributed by atoms with Gasteiger partial charge >= 0.3 is 5.97 Å². The van der Waals surface area contributed by atoms with Gasteiger partial charge in [-0.3, -0.25) is 4.79 Å². The highest BCUT2D eigenvalue weighted by atomic mass is 16.5. The van der Waals surface area contributed by atoms with Crippen molar-refractivity contribution in [3.8, 4) is 6.07 Å². The molecule has 5 nitrogen and oxygen atoms in total. The smallest absolute Gasteiger partial charge is 0.331 e. The Hall–Kier alpha value is -3.39. The number of piperidine rings is 1. The first kappa shape index (κ1) is 20.3. The molecule has 0 radical (unpaired) electrons. The zero-order chi connectivity index (χ0) is 20.5. The predicted molar refractivity (Wildman–Crippen MR) is 111 cm³/mol. The lowest BCUT2D eigenvalue weighted by molar-refractivity contribution is -0.148. The van der Waals surface area contributed by atoms with E-state index >= 15 is 0 Å². The van der Waals surface area contributed by atoms with Crippen molar-refractivity contribution in [1.82, 2.24) is 4.90 Å². The average molecular weight is 388 g/mol. The van der Waals surface area contributed by atoms with E-state index in [2.05, 4.69) is 24.3 Å². The molecule has 1 aliphatic heterocycles. The van der Waals surface area contributed by atoms with Crippen LogP contribution in [0.15, 0.2) is 60.7 Å². The van der Waals surface area contributed by atoms with Crippen molar-refractivity contribution >= 4 is 18.0 Å². The van der Waals surface area contributed by atoms with Crippen LogP contribution >= 0.6 is 0 Å². The number of hydrogen-bond donors (Lipinski definition) is 0. The summed E-state index contributed by atoms with van der Waals surface area (Å²) in [6.45, 7) is 1.17. The number of carbonyl (C=O) groups excluding carboxylic acids is 2. The molecule has 1 heterocycles. The Kier molecular flexibility index (Phi) is 7.18. The zero-order valence-electron chi connectivity index (χ0n) is 16.3. The Morgan fingerprint density at radius 2 is 1.76 bits per heavy atom. The number of rotatable bonds is 6. The summed E-state index contributed by atoms with van der Waals surface area (Å²) in [6.07, 6.45) is 5.86. The summed E-state index contributed by atoms with van der Waals surface area (Å²) in [5.41, 5.74) is 2.68. The lowest BCUT2D eigenvalue weighted by Crippen LogP contribution is -2.41. The van der Waals surface area contributed by atoms with Crippen LogP contribution in [0.5, 0.6) is 0 Å². The molecule has 0 saturated carbocycles. The van der Waals surface area contributed by atoms with E-state index < -0.39 is 5.97 Å². The van der Waals surface area contributed by atoms with Gasteiger partial charge in [0.25, 0.3) is 5.91 Å². The second kappa shape index (κ2) is 10.2. The van der Waals surface area contributed by atoms with E-state index in [-0.39, 0.29) is 12.5 Å². The van der Waals surface area contributed by atoms with Crippen molar-refractivity contribution in [1.29, 1.82) is 5.26 Å². The van der Waals surface area contributed by atoms with Gasteiger partial charge in [-0.05, 0) is 54.5 Å². The zero-order valence-corrected chi connectivity index (χ0v) is 16.3. The summed E-state index contributed by atoms with van der Waals surface area (Å²) in [4.78, 5) is 25.9. The van der Waals surface area contributed by atoms with E-state index in [1.807, 2.05) is 12.1 Å². The van der Waals surface area contributed by atoms with Crippen molar-refractivity contribution in [3.63, 3.8) is 0 Å². The number of nitrogens with zero attached hydrogens (tertiary/aromatic N) is 2. The predicted octanol–water partition coefficient (Wildman–Crippen LogP) is 3.60. The van der Waals surface area contributed by atoms with Gasteiger partial charge < -0.3 is 9.64 Å². The van der Waals surface area contributed by atoms with Crippen LogP contribution in [0.4, 0.5) is 0 Å². The quantitative estimate of drug-likeness (QED) is 0.560. The Labute approximate surface area is 171 Å². The fourth-order valence-corrected chi connectivity index (χ4v) is 3.44. The Bertz CT molecular complexity index is 890. The van der Waals surface area contributed by atoms with Crippen LogP contribution in [0, 0.1) is 17.2 Å². The maximum Gasteiger partial charge on any atom is 0.331 e. The Morgan fingerprint density at radius 3 is 2.41 bits per heavy atom. The molecule has 0 N–H and O–H groups in total. The van der Waals surface area contributed by atoms with Gasteiger partial charge in [0, 0.05) is 19.2 Å². The lowest BCUT2D eigenvalue weighted by atomic mass is 9.90. The minimum Gasteiger partial charge on any atom is -0.452 e. The van der Waals surface area contributed by atoms with Crippen molar-refractivity contribution in [3.05, 3.63) is 77.4 Å². The van der Waals surface area contributed by atoms with Crippen molar-refractivity contribution < 1.29 is 14.3 Å². The number of esters is 1. The monoisotopic (exact) mass is 388 g/mol. The third-order valence-corrected chi connectivity index (χ3v) is 5.12. The fourth-order valence-electron chi connectivity index (χ4n) is 3.44. The molecule has 1 fully saturated rings. The second-order valence-corrected chi connectivity index (χ2v) is 7.19. The molecule has 3 rings (SSSR count). The number of nitriles is 1. The van der Waals surface area contributed by atoms with Crippen LogP contribution in [-0.4, -0.2) is 36.5 Å². The van der Waals surface area contributed by atoms with E-state index in [0.717, 1.165) is 24.8 Å². The normalized spacial score (nSPS) is 14.5. The van der Waals surface area contributed by atoms with Gasteiger partial charge in [-0.1, -0.05) is 42.5 Å². The van der Waals surface area contributed by atoms with Crippen LogP contribution in [0.1, 0.15) is 29.5 Å². The molecule has 2 aromatic carbocycles. The van der Waals surface area contributed by atoms with E-state index in [4.69, 9.17) is 10.00 Å². The van der Waals surface area contributed by atoms with Gasteiger partial charge in [0.05, 0.1) is 11.6 Å². The van der Waals surface area contributed by atoms with E-state index in [0.29, 0.717) is 24.6 Å². The minimum atomic E-state index is -0.554. The maximum absolute atomic E-state index is 12.3. The molecular weight excluding hydrogens is 364 g/mol. The number of carbonyl (C=O) groups is 2. The molecule has 148 valence electrons. The molecule has 1 saturated heterocycles. The van der Waals surface area contributed by atoms with Crippen LogP contribution < -0.4 is 0 Å². The van der Waals surface area contributed by atoms with Gasteiger partial charge in [0.15, 0.2) is 6.61 Å². The van der Waals surface area contributed by atoms with Crippen LogP contribution in [-0.2, 0) is 20.7 Å². The maximum atomic E-state index is 12.3. The topological polar surface area (TPSA) is 70.4 Å². The molecule has 0 bridgehead atoms. The largest absolute Gasteiger partial charge is 0.452 e. The van der Waals surface area contributed by atoms with Gasteiger partial charge in [0.1, 0.15) is 0 Å². The third kappa shape index (κ3) is 6.32. The molecule has 1 amide bonds. The minimum absolute atomic E-state index is 0.150. The van der Waals surface area contributed by atoms with Gasteiger partial charge in [0.2, 0.25) is 0 Å². The molecule has 5 heteroatoms. The summed E-state index contributed by atoms with van der Waals surface area (Å²) in [5, 5.41) is 8.78. The summed E-state index contributed by atoms with van der Waals surface area (Å²) in [7, 11) is 0. The van der Waals surface area contributed by atoms with Gasteiger partial charge in [-0.15, -0.1) is 0 Å². The summed E-state index contributed by atoms with van der Waals surface area (Å²) in [6, 6.07) is 19.3. The molecular formula is C24H24N2O3. The Morgan fingerprint density at radius 1 is 1.07 bits per heavy atom. The first-order valence-electron chi connectivity index (χ1n) is 9.81. The third-order valence-electron chi connectivity index (χ3n) is 5.12. The molecule has 0 aliphatic carbocycles. The van der Waals surface area contributed by atoms with Gasteiger partial charge in [-0.25, -0.2) is 4.79 Å². The summed E-state index contributed by atoms with van der Waals surface area (Å²) in [5.74, 6) is -0.121. The van der Waals surface area contributed by atoms with Crippen LogP contribution in [0.25, 0.3) is 6.08 Å². The second-order valence-electron chi connectivity index (χ2n) is 7.19. The number of benzene rings is 2. The van der Waals surface area contributed by atoms with Crippen LogP contribution in [0.3, 0.4) is 0 Å². The van der Waals surface area contributed by atoms with Gasteiger partial charge in [-0.2, -0.15) is 5.26 Å². The molecule has 2 aromatic rings. The molecule has 29 heavy (non-hydrogen) atoms. The first-order chi connectivity index (χ1) is 14.1. The molecule has 0 aromatic heterocycles. The number of ether oxygens (including phenoxy) is 1. The SMILES string of the molecule is N#Cc1ccc(/C=C/C(=O)OCC(=O)N2CCC(Cc3ccccc3)CC2)cc1. The summed E-state index contributed by atoms with van der Waals surface area (Å²) >= 11 is 0. The molecule has 0 unspecified atom stereocenters. The molecule has 1 aliphatic rings. The van der Waals surface area contributed by atoms with Crippen molar-refractivity contribution in [2.45, 2.75) is 19.3 Å². The van der Waals surface area contributed by atoms with Crippen molar-refractivity contribution in [2.24, 2.45) is 5.92 Å². The average Bonchev–Trinajstić information content (AvgIpc) is 2.77.